The van der Waals surface area contributed by atoms with Crippen LogP contribution in [-0.2, 0) is 5.75 Å². The highest BCUT2D eigenvalue weighted by atomic mass is 32.2. The molecular weight excluding hydrogens is 330 g/mol. The zero-order chi connectivity index (χ0) is 16.5. The molecule has 0 N–H and O–H groups in total. The number of benzene rings is 1. The van der Waals surface area contributed by atoms with Crippen LogP contribution in [0.3, 0.4) is 0 Å². The Balaban J connectivity index is 1.44. The van der Waals surface area contributed by atoms with Crippen LogP contribution < -0.4 is 9.47 Å². The largest absolute Gasteiger partial charge is 0.485 e. The molecule has 7 nitrogen and oxygen atoms in total. The van der Waals surface area contributed by atoms with Crippen LogP contribution in [0.2, 0.25) is 0 Å². The van der Waals surface area contributed by atoms with E-state index in [-0.39, 0.29) is 0 Å². The van der Waals surface area contributed by atoms with Gasteiger partial charge in [-0.3, -0.25) is 0 Å². The van der Waals surface area contributed by atoms with E-state index in [1.54, 1.807) is 0 Å². The SMILES string of the molecule is Cc1noc(C)c1CSc1nnc(C2COc3ccccc3O2)o1. The van der Waals surface area contributed by atoms with E-state index in [2.05, 4.69) is 15.4 Å². The van der Waals surface area contributed by atoms with Gasteiger partial charge in [0.2, 0.25) is 6.10 Å². The molecule has 0 saturated carbocycles. The van der Waals surface area contributed by atoms with Gasteiger partial charge in [0.05, 0.1) is 5.69 Å². The number of aromatic nitrogens is 3. The smallest absolute Gasteiger partial charge is 0.277 e. The Morgan fingerprint density at radius 3 is 2.79 bits per heavy atom. The molecule has 3 aromatic rings. The molecule has 0 bridgehead atoms. The number of thioether (sulfide) groups is 1. The van der Waals surface area contributed by atoms with Crippen LogP contribution in [0.5, 0.6) is 11.5 Å². The molecule has 2 aromatic heterocycles. The second kappa shape index (κ2) is 6.20. The molecule has 0 saturated heterocycles. The molecule has 1 aliphatic rings. The lowest BCUT2D eigenvalue weighted by atomic mass is 10.2. The van der Waals surface area contributed by atoms with Crippen LogP contribution in [0.4, 0.5) is 0 Å². The molecule has 0 aliphatic carbocycles. The van der Waals surface area contributed by atoms with E-state index in [4.69, 9.17) is 18.4 Å². The zero-order valence-electron chi connectivity index (χ0n) is 13.2. The maximum absolute atomic E-state index is 5.86. The van der Waals surface area contributed by atoms with Crippen LogP contribution in [0.15, 0.2) is 38.4 Å². The minimum atomic E-state index is -0.402. The average molecular weight is 345 g/mol. The summed E-state index contributed by atoms with van der Waals surface area (Å²) in [5.74, 6) is 3.28. The van der Waals surface area contributed by atoms with Crippen LogP contribution >= 0.6 is 11.8 Å². The maximum atomic E-state index is 5.86. The molecule has 3 heterocycles. The number of fused-ring (bicyclic) bond motifs is 1. The van der Waals surface area contributed by atoms with Crippen molar-refractivity contribution in [2.45, 2.75) is 30.9 Å². The van der Waals surface area contributed by atoms with Crippen molar-refractivity contribution in [3.63, 3.8) is 0 Å². The number of hydrogen-bond acceptors (Lipinski definition) is 8. The number of nitrogens with zero attached hydrogens (tertiary/aromatic N) is 3. The highest BCUT2D eigenvalue weighted by Crippen LogP contribution is 2.36. The first kappa shape index (κ1) is 15.1. The summed E-state index contributed by atoms with van der Waals surface area (Å²) in [6.45, 7) is 4.14. The first-order valence-corrected chi connectivity index (χ1v) is 8.45. The van der Waals surface area contributed by atoms with Gasteiger partial charge in [-0.1, -0.05) is 29.1 Å². The molecule has 1 unspecified atom stereocenters. The van der Waals surface area contributed by atoms with Crippen molar-refractivity contribution in [3.05, 3.63) is 47.2 Å². The molecule has 24 heavy (non-hydrogen) atoms. The van der Waals surface area contributed by atoms with E-state index >= 15 is 0 Å². The fraction of sp³-hybridized carbons (Fsp3) is 0.312. The Morgan fingerprint density at radius 1 is 1.17 bits per heavy atom. The molecule has 124 valence electrons. The van der Waals surface area contributed by atoms with Crippen molar-refractivity contribution in [1.29, 1.82) is 0 Å². The van der Waals surface area contributed by atoms with Gasteiger partial charge in [0.1, 0.15) is 12.4 Å². The molecule has 0 radical (unpaired) electrons. The third-order valence-corrected chi connectivity index (χ3v) is 4.57. The summed E-state index contributed by atoms with van der Waals surface area (Å²) in [4.78, 5) is 0. The molecule has 8 heteroatoms. The fourth-order valence-corrected chi connectivity index (χ4v) is 3.31. The van der Waals surface area contributed by atoms with E-state index in [0.717, 1.165) is 22.8 Å². The van der Waals surface area contributed by atoms with Crippen LogP contribution in [-0.4, -0.2) is 22.0 Å². The monoisotopic (exact) mass is 345 g/mol. The van der Waals surface area contributed by atoms with Crippen molar-refractivity contribution in [2.75, 3.05) is 6.61 Å². The molecule has 4 rings (SSSR count). The zero-order valence-corrected chi connectivity index (χ0v) is 14.0. The summed E-state index contributed by atoms with van der Waals surface area (Å²) in [6.07, 6.45) is -0.402. The van der Waals surface area contributed by atoms with Gasteiger partial charge < -0.3 is 18.4 Å². The summed E-state index contributed by atoms with van der Waals surface area (Å²) in [7, 11) is 0. The minimum absolute atomic E-state index is 0.340. The fourth-order valence-electron chi connectivity index (χ4n) is 2.39. The first-order valence-electron chi connectivity index (χ1n) is 7.47. The Hall–Kier alpha value is -2.48. The number of ether oxygens (including phenoxy) is 2. The van der Waals surface area contributed by atoms with Crippen molar-refractivity contribution >= 4 is 11.8 Å². The van der Waals surface area contributed by atoms with E-state index in [0.29, 0.717) is 29.2 Å². The van der Waals surface area contributed by atoms with Gasteiger partial charge in [-0.05, 0) is 26.0 Å². The standard InChI is InChI=1S/C16H15N3O4S/c1-9-11(10(2)23-19-9)8-24-16-18-17-15(22-16)14-7-20-12-5-3-4-6-13(12)21-14/h3-6,14H,7-8H2,1-2H3. The summed E-state index contributed by atoms with van der Waals surface area (Å²) in [5, 5.41) is 12.6. The van der Waals surface area contributed by atoms with Crippen molar-refractivity contribution in [1.82, 2.24) is 15.4 Å². The van der Waals surface area contributed by atoms with E-state index in [1.807, 2.05) is 38.1 Å². The highest BCUT2D eigenvalue weighted by Gasteiger charge is 2.27. The number of hydrogen-bond donors (Lipinski definition) is 0. The van der Waals surface area contributed by atoms with Crippen LogP contribution in [0.1, 0.15) is 29.0 Å². The molecule has 1 aliphatic heterocycles. The van der Waals surface area contributed by atoms with Gasteiger partial charge in [0.15, 0.2) is 11.5 Å². The Kier molecular flexibility index (Phi) is 3.89. The van der Waals surface area contributed by atoms with E-state index in [1.165, 1.54) is 11.8 Å². The summed E-state index contributed by atoms with van der Waals surface area (Å²) in [6, 6.07) is 7.51. The first-order chi connectivity index (χ1) is 11.7. The lowest BCUT2D eigenvalue weighted by Gasteiger charge is -2.23. The molecule has 0 amide bonds. The van der Waals surface area contributed by atoms with Crippen LogP contribution in [0, 0.1) is 13.8 Å². The lowest BCUT2D eigenvalue weighted by molar-refractivity contribution is 0.0686. The molecule has 0 fully saturated rings. The molecule has 1 atom stereocenters. The van der Waals surface area contributed by atoms with Crippen molar-refractivity contribution in [2.24, 2.45) is 0 Å². The third-order valence-electron chi connectivity index (χ3n) is 3.73. The minimum Gasteiger partial charge on any atom is -0.485 e. The van der Waals surface area contributed by atoms with Crippen LogP contribution in [0.25, 0.3) is 0 Å². The maximum Gasteiger partial charge on any atom is 0.277 e. The van der Waals surface area contributed by atoms with Gasteiger partial charge >= 0.3 is 0 Å². The lowest BCUT2D eigenvalue weighted by Crippen LogP contribution is -2.21. The normalized spacial score (nSPS) is 16.3. The highest BCUT2D eigenvalue weighted by molar-refractivity contribution is 7.98. The van der Waals surface area contributed by atoms with E-state index < -0.39 is 6.10 Å². The summed E-state index contributed by atoms with van der Waals surface area (Å²) < 4.78 is 22.4. The Morgan fingerprint density at radius 2 is 2.00 bits per heavy atom. The number of aryl methyl sites for hydroxylation is 2. The number of rotatable bonds is 4. The predicted molar refractivity (Wildman–Crippen MR) is 85.1 cm³/mol. The van der Waals surface area contributed by atoms with Gasteiger partial charge in [-0.2, -0.15) is 0 Å². The average Bonchev–Trinajstić information content (AvgIpc) is 3.20. The van der Waals surface area contributed by atoms with Gasteiger partial charge in [-0.15, -0.1) is 10.2 Å². The Labute approximate surface area is 142 Å². The van der Waals surface area contributed by atoms with E-state index in [9.17, 15) is 0 Å². The predicted octanol–water partition coefficient (Wildman–Crippen LogP) is 3.48. The van der Waals surface area contributed by atoms with Gasteiger partial charge in [0, 0.05) is 11.3 Å². The molecule has 1 aromatic carbocycles. The second-order valence-corrected chi connectivity index (χ2v) is 6.29. The van der Waals surface area contributed by atoms with Gasteiger partial charge in [-0.25, -0.2) is 0 Å². The molecule has 0 spiro atoms. The summed E-state index contributed by atoms with van der Waals surface area (Å²) >= 11 is 1.44. The Bertz CT molecular complexity index is 841. The quantitative estimate of drug-likeness (QED) is 0.665. The summed E-state index contributed by atoms with van der Waals surface area (Å²) in [5.41, 5.74) is 1.92. The van der Waals surface area contributed by atoms with Crippen molar-refractivity contribution in [3.8, 4) is 11.5 Å². The van der Waals surface area contributed by atoms with Crippen molar-refractivity contribution < 1.29 is 18.4 Å². The third kappa shape index (κ3) is 2.84. The second-order valence-electron chi connectivity index (χ2n) is 5.36. The topological polar surface area (TPSA) is 83.4 Å². The van der Waals surface area contributed by atoms with Gasteiger partial charge in [0.25, 0.3) is 11.1 Å². The number of para-hydroxylation sites is 2. The molecular formula is C16H15N3O4S.